The molecule has 2 amide bonds. The van der Waals surface area contributed by atoms with Gasteiger partial charge in [-0.25, -0.2) is 4.98 Å². The number of hydrogen-bond donors (Lipinski definition) is 1. The van der Waals surface area contributed by atoms with Crippen LogP contribution >= 0.6 is 11.6 Å². The van der Waals surface area contributed by atoms with Crippen molar-refractivity contribution < 1.29 is 9.59 Å². The van der Waals surface area contributed by atoms with Crippen molar-refractivity contribution in [3.63, 3.8) is 0 Å². The van der Waals surface area contributed by atoms with Crippen molar-refractivity contribution in [2.75, 3.05) is 36.4 Å². The van der Waals surface area contributed by atoms with Crippen LogP contribution < -0.4 is 10.2 Å². The van der Waals surface area contributed by atoms with Crippen molar-refractivity contribution in [1.29, 1.82) is 0 Å². The van der Waals surface area contributed by atoms with E-state index in [1.165, 1.54) is 0 Å². The lowest BCUT2D eigenvalue weighted by molar-refractivity contribution is -0.130. The lowest BCUT2D eigenvalue weighted by atomic mass is 10.2. The Hall–Kier alpha value is -2.60. The van der Waals surface area contributed by atoms with E-state index in [4.69, 9.17) is 11.6 Å². The van der Waals surface area contributed by atoms with Crippen LogP contribution in [0.3, 0.4) is 0 Å². The third kappa shape index (κ3) is 4.98. The van der Waals surface area contributed by atoms with Crippen LogP contribution in [0.4, 0.5) is 11.5 Å². The Morgan fingerprint density at radius 3 is 2.52 bits per heavy atom. The van der Waals surface area contributed by atoms with Gasteiger partial charge < -0.3 is 15.1 Å². The van der Waals surface area contributed by atoms with E-state index in [1.807, 2.05) is 24.0 Å². The van der Waals surface area contributed by atoms with Gasteiger partial charge in [0, 0.05) is 43.2 Å². The Kier molecular flexibility index (Phi) is 6.29. The molecule has 1 aromatic carbocycles. The maximum atomic E-state index is 12.3. The van der Waals surface area contributed by atoms with Gasteiger partial charge in [0.05, 0.1) is 11.9 Å². The van der Waals surface area contributed by atoms with E-state index in [9.17, 15) is 9.59 Å². The summed E-state index contributed by atoms with van der Waals surface area (Å²) in [5, 5.41) is 3.43. The van der Waals surface area contributed by atoms with Crippen LogP contribution in [0.25, 0.3) is 0 Å². The Morgan fingerprint density at radius 1 is 1.07 bits per heavy atom. The van der Waals surface area contributed by atoms with Crippen LogP contribution in [0.5, 0.6) is 0 Å². The fraction of sp³-hybridized carbons (Fsp3) is 0.350. The number of hydrogen-bond acceptors (Lipinski definition) is 4. The average Bonchev–Trinajstić information content (AvgIpc) is 2.95. The van der Waals surface area contributed by atoms with E-state index >= 15 is 0 Å². The number of nitrogens with one attached hydrogen (secondary N) is 1. The van der Waals surface area contributed by atoms with E-state index in [-0.39, 0.29) is 11.8 Å². The fourth-order valence-electron chi connectivity index (χ4n) is 3.07. The summed E-state index contributed by atoms with van der Waals surface area (Å²) in [5.41, 5.74) is 1.17. The second-order valence-corrected chi connectivity index (χ2v) is 6.88. The Labute approximate surface area is 164 Å². The van der Waals surface area contributed by atoms with E-state index in [0.717, 1.165) is 31.9 Å². The van der Waals surface area contributed by atoms with Crippen molar-refractivity contribution in [2.24, 2.45) is 0 Å². The molecule has 1 fully saturated rings. The Bertz CT molecular complexity index is 793. The Morgan fingerprint density at radius 2 is 1.85 bits per heavy atom. The summed E-state index contributed by atoms with van der Waals surface area (Å²) in [6.07, 6.45) is 3.12. The highest BCUT2D eigenvalue weighted by Gasteiger charge is 2.18. The maximum Gasteiger partial charge on any atom is 0.255 e. The molecule has 2 heterocycles. The topological polar surface area (TPSA) is 65.5 Å². The maximum absolute atomic E-state index is 12.3. The second-order valence-electron chi connectivity index (χ2n) is 6.44. The highest BCUT2D eigenvalue weighted by atomic mass is 35.5. The fourth-order valence-corrected chi connectivity index (χ4v) is 3.20. The molecule has 1 aliphatic heterocycles. The van der Waals surface area contributed by atoms with Crippen LogP contribution in [0.2, 0.25) is 5.02 Å². The molecule has 0 bridgehead atoms. The van der Waals surface area contributed by atoms with E-state index in [0.29, 0.717) is 29.2 Å². The van der Waals surface area contributed by atoms with Gasteiger partial charge in [0.2, 0.25) is 5.91 Å². The number of halogens is 1. The number of benzene rings is 1. The van der Waals surface area contributed by atoms with E-state index in [2.05, 4.69) is 15.2 Å². The third-order valence-corrected chi connectivity index (χ3v) is 4.84. The zero-order valence-corrected chi connectivity index (χ0v) is 16.1. The number of nitrogens with zero attached hydrogens (tertiary/aromatic N) is 3. The smallest absolute Gasteiger partial charge is 0.255 e. The van der Waals surface area contributed by atoms with Crippen molar-refractivity contribution in [3.05, 3.63) is 53.2 Å². The number of anilines is 2. The SMILES string of the molecule is CCC(=O)N1CCCN(c2ccc(NC(=O)c3ccc(Cl)cc3)cn2)CC1. The van der Waals surface area contributed by atoms with Crippen LogP contribution in [0, 0.1) is 0 Å². The summed E-state index contributed by atoms with van der Waals surface area (Å²) < 4.78 is 0. The van der Waals surface area contributed by atoms with E-state index in [1.54, 1.807) is 30.5 Å². The number of aromatic nitrogens is 1. The first-order valence-electron chi connectivity index (χ1n) is 9.12. The van der Waals surface area contributed by atoms with Gasteiger partial charge in [0.25, 0.3) is 5.91 Å². The zero-order chi connectivity index (χ0) is 19.2. The van der Waals surface area contributed by atoms with Gasteiger partial charge in [-0.3, -0.25) is 9.59 Å². The molecular weight excluding hydrogens is 364 g/mol. The normalized spacial score (nSPS) is 14.6. The largest absolute Gasteiger partial charge is 0.355 e. The standard InChI is InChI=1S/C20H23ClN4O2/c1-2-19(26)25-11-3-10-24(12-13-25)18-9-8-17(14-22-18)23-20(27)15-4-6-16(21)7-5-15/h4-9,14H,2-3,10-13H2,1H3,(H,23,27). The predicted molar refractivity (Wildman–Crippen MR) is 107 cm³/mol. The number of pyridine rings is 1. The minimum Gasteiger partial charge on any atom is -0.355 e. The molecule has 27 heavy (non-hydrogen) atoms. The Balaban J connectivity index is 1.60. The predicted octanol–water partition coefficient (Wildman–Crippen LogP) is 3.44. The average molecular weight is 387 g/mol. The first-order valence-corrected chi connectivity index (χ1v) is 9.50. The van der Waals surface area contributed by atoms with Gasteiger partial charge in [-0.15, -0.1) is 0 Å². The molecule has 1 N–H and O–H groups in total. The molecule has 0 spiro atoms. The molecular formula is C20H23ClN4O2. The van der Waals surface area contributed by atoms with Crippen molar-refractivity contribution in [3.8, 4) is 0 Å². The molecule has 3 rings (SSSR count). The van der Waals surface area contributed by atoms with Crippen LogP contribution in [-0.4, -0.2) is 47.9 Å². The number of rotatable bonds is 4. The molecule has 6 nitrogen and oxygen atoms in total. The molecule has 7 heteroatoms. The van der Waals surface area contributed by atoms with Crippen molar-refractivity contribution >= 4 is 34.9 Å². The molecule has 2 aromatic rings. The van der Waals surface area contributed by atoms with Crippen LogP contribution in [-0.2, 0) is 4.79 Å². The number of amides is 2. The van der Waals surface area contributed by atoms with Crippen LogP contribution in [0.1, 0.15) is 30.1 Å². The molecule has 0 aliphatic carbocycles. The van der Waals surface area contributed by atoms with Crippen LogP contribution in [0.15, 0.2) is 42.6 Å². The summed E-state index contributed by atoms with van der Waals surface area (Å²) in [5.74, 6) is 0.847. The number of carbonyl (C=O) groups excluding carboxylic acids is 2. The van der Waals surface area contributed by atoms with Gasteiger partial charge in [0.1, 0.15) is 5.82 Å². The first-order chi connectivity index (χ1) is 13.1. The highest BCUT2D eigenvalue weighted by Crippen LogP contribution is 2.18. The lowest BCUT2D eigenvalue weighted by Crippen LogP contribution is -2.34. The van der Waals surface area contributed by atoms with Crippen molar-refractivity contribution in [1.82, 2.24) is 9.88 Å². The molecule has 1 saturated heterocycles. The van der Waals surface area contributed by atoms with Gasteiger partial charge >= 0.3 is 0 Å². The monoisotopic (exact) mass is 386 g/mol. The number of carbonyl (C=O) groups is 2. The molecule has 0 atom stereocenters. The third-order valence-electron chi connectivity index (χ3n) is 4.59. The zero-order valence-electron chi connectivity index (χ0n) is 15.3. The molecule has 0 saturated carbocycles. The van der Waals surface area contributed by atoms with Gasteiger partial charge in [0.15, 0.2) is 0 Å². The first kappa shape index (κ1) is 19.2. The molecule has 1 aliphatic rings. The van der Waals surface area contributed by atoms with Gasteiger partial charge in [-0.1, -0.05) is 18.5 Å². The highest BCUT2D eigenvalue weighted by molar-refractivity contribution is 6.30. The molecule has 0 radical (unpaired) electrons. The van der Waals surface area contributed by atoms with Gasteiger partial charge in [-0.2, -0.15) is 0 Å². The summed E-state index contributed by atoms with van der Waals surface area (Å²) >= 11 is 5.85. The van der Waals surface area contributed by atoms with Crippen molar-refractivity contribution in [2.45, 2.75) is 19.8 Å². The minimum atomic E-state index is -0.204. The van der Waals surface area contributed by atoms with Gasteiger partial charge in [-0.05, 0) is 42.8 Å². The minimum absolute atomic E-state index is 0.199. The summed E-state index contributed by atoms with van der Waals surface area (Å²) in [7, 11) is 0. The summed E-state index contributed by atoms with van der Waals surface area (Å²) in [4.78, 5) is 32.7. The van der Waals surface area contributed by atoms with E-state index < -0.39 is 0 Å². The molecule has 142 valence electrons. The summed E-state index contributed by atoms with van der Waals surface area (Å²) in [6, 6.07) is 10.5. The lowest BCUT2D eigenvalue weighted by Gasteiger charge is -2.22. The molecule has 0 unspecified atom stereocenters. The molecule has 1 aromatic heterocycles. The second kappa shape index (κ2) is 8.86. The quantitative estimate of drug-likeness (QED) is 0.874. The summed E-state index contributed by atoms with van der Waals surface area (Å²) in [6.45, 7) is 5.01.